The van der Waals surface area contributed by atoms with E-state index in [2.05, 4.69) is 10.3 Å². The van der Waals surface area contributed by atoms with Gasteiger partial charge in [0.15, 0.2) is 5.13 Å². The first-order chi connectivity index (χ1) is 13.4. The molecule has 1 aliphatic heterocycles. The molecule has 1 fully saturated rings. The second kappa shape index (κ2) is 7.55. The highest BCUT2D eigenvalue weighted by molar-refractivity contribution is 7.91. The Bertz CT molecular complexity index is 1120. The largest absolute Gasteiger partial charge is 0.301 e. The number of piperidine rings is 1. The lowest BCUT2D eigenvalue weighted by Crippen LogP contribution is -2.49. The number of nitrogens with zero attached hydrogens (tertiary/aromatic N) is 2. The molecular weight excluding hydrogens is 414 g/mol. The Labute approximate surface area is 172 Å². The zero-order valence-electron chi connectivity index (χ0n) is 15.6. The molecule has 1 atom stereocenters. The Balaban J connectivity index is 1.60. The fourth-order valence-corrected chi connectivity index (χ4v) is 7.15. The summed E-state index contributed by atoms with van der Waals surface area (Å²) in [5.74, 6) is -0.312. The van der Waals surface area contributed by atoms with Gasteiger partial charge in [-0.2, -0.15) is 4.31 Å². The number of nitrogens with one attached hydrogen (secondary N) is 1. The first-order valence-corrected chi connectivity index (χ1v) is 12.2. The lowest BCUT2D eigenvalue weighted by atomic mass is 10.0. The van der Waals surface area contributed by atoms with E-state index >= 15 is 0 Å². The molecule has 4 rings (SSSR count). The van der Waals surface area contributed by atoms with Gasteiger partial charge in [-0.15, -0.1) is 11.3 Å². The maximum Gasteiger partial charge on any atom is 0.253 e. The first kappa shape index (κ1) is 19.5. The summed E-state index contributed by atoms with van der Waals surface area (Å²) in [6, 6.07) is 6.62. The monoisotopic (exact) mass is 435 g/mol. The maximum absolute atomic E-state index is 13.0. The minimum absolute atomic E-state index is 0.276. The molecule has 3 aromatic rings. The minimum Gasteiger partial charge on any atom is -0.301 e. The van der Waals surface area contributed by atoms with Gasteiger partial charge in [-0.3, -0.25) is 4.79 Å². The molecule has 3 heterocycles. The molecule has 2 aromatic heterocycles. The number of carbonyl (C=O) groups excluding carboxylic acids is 1. The number of rotatable bonds is 4. The molecule has 1 amide bonds. The number of thiophene rings is 1. The number of sulfonamides is 1. The number of carbonyl (C=O) groups is 1. The fraction of sp³-hybridized carbons (Fsp3) is 0.368. The summed E-state index contributed by atoms with van der Waals surface area (Å²) < 4.78 is 28.6. The van der Waals surface area contributed by atoms with E-state index in [1.54, 1.807) is 17.5 Å². The van der Waals surface area contributed by atoms with Crippen LogP contribution in [0.25, 0.3) is 10.2 Å². The highest BCUT2D eigenvalue weighted by Gasteiger charge is 2.38. The summed E-state index contributed by atoms with van der Waals surface area (Å²) >= 11 is 2.59. The van der Waals surface area contributed by atoms with Crippen molar-refractivity contribution < 1.29 is 13.2 Å². The Morgan fingerprint density at radius 3 is 2.82 bits per heavy atom. The first-order valence-electron chi connectivity index (χ1n) is 9.11. The van der Waals surface area contributed by atoms with Crippen LogP contribution in [0.3, 0.4) is 0 Å². The van der Waals surface area contributed by atoms with E-state index in [1.165, 1.54) is 27.0 Å². The molecule has 0 spiro atoms. The molecule has 28 heavy (non-hydrogen) atoms. The molecule has 0 bridgehead atoms. The van der Waals surface area contributed by atoms with Crippen LogP contribution in [0.15, 0.2) is 33.9 Å². The van der Waals surface area contributed by atoms with Crippen LogP contribution in [0.1, 0.15) is 30.4 Å². The van der Waals surface area contributed by atoms with Gasteiger partial charge in [-0.1, -0.05) is 29.9 Å². The van der Waals surface area contributed by atoms with Crippen molar-refractivity contribution in [1.82, 2.24) is 9.29 Å². The van der Waals surface area contributed by atoms with E-state index < -0.39 is 16.1 Å². The van der Waals surface area contributed by atoms with Crippen molar-refractivity contribution in [2.45, 2.75) is 43.4 Å². The standard InChI is InChI=1S/C19H21N3O3S3/c1-12-8-9-15-17(13(12)2)20-19(27-15)21-18(23)14-6-3-4-10-22(14)28(24,25)16-7-5-11-26-16/h5,7-9,11,14H,3-4,6,10H2,1-2H3,(H,20,21,23)/t14-/m0/s1. The number of aromatic nitrogens is 1. The van der Waals surface area contributed by atoms with Crippen molar-refractivity contribution in [1.29, 1.82) is 0 Å². The molecule has 6 nitrogen and oxygen atoms in total. The van der Waals surface area contributed by atoms with Crippen LogP contribution < -0.4 is 5.32 Å². The van der Waals surface area contributed by atoms with Gasteiger partial charge in [-0.05, 0) is 55.3 Å². The van der Waals surface area contributed by atoms with Crippen molar-refractivity contribution >= 4 is 54.0 Å². The quantitative estimate of drug-likeness (QED) is 0.667. The molecule has 1 aliphatic rings. The number of aryl methyl sites for hydroxylation is 2. The molecule has 1 aromatic carbocycles. The molecule has 1 N–H and O–H groups in total. The summed E-state index contributed by atoms with van der Waals surface area (Å²) in [7, 11) is -3.67. The number of hydrogen-bond donors (Lipinski definition) is 1. The second-order valence-electron chi connectivity index (χ2n) is 6.92. The zero-order valence-corrected chi connectivity index (χ0v) is 18.1. The summed E-state index contributed by atoms with van der Waals surface area (Å²) in [4.78, 5) is 17.5. The van der Waals surface area contributed by atoms with Crippen LogP contribution in [0.5, 0.6) is 0 Å². The predicted octanol–water partition coefficient (Wildman–Crippen LogP) is 4.16. The molecule has 0 unspecified atom stereocenters. The van der Waals surface area contributed by atoms with Gasteiger partial charge in [0.2, 0.25) is 5.91 Å². The van der Waals surface area contributed by atoms with E-state index in [0.717, 1.165) is 34.2 Å². The van der Waals surface area contributed by atoms with Gasteiger partial charge in [-0.25, -0.2) is 13.4 Å². The zero-order chi connectivity index (χ0) is 19.9. The SMILES string of the molecule is Cc1ccc2sc(NC(=O)[C@@H]3CCCCN3S(=O)(=O)c3cccs3)nc2c1C. The lowest BCUT2D eigenvalue weighted by molar-refractivity contribution is -0.120. The Hall–Kier alpha value is -1.81. The molecule has 148 valence electrons. The van der Waals surface area contributed by atoms with E-state index in [-0.39, 0.29) is 10.1 Å². The van der Waals surface area contributed by atoms with Gasteiger partial charge in [0.1, 0.15) is 10.3 Å². The third-order valence-corrected chi connectivity index (χ3v) is 9.35. The average Bonchev–Trinajstić information content (AvgIpc) is 3.35. The van der Waals surface area contributed by atoms with E-state index in [9.17, 15) is 13.2 Å². The van der Waals surface area contributed by atoms with Crippen molar-refractivity contribution in [2.24, 2.45) is 0 Å². The lowest BCUT2D eigenvalue weighted by Gasteiger charge is -2.32. The molecule has 0 aliphatic carbocycles. The van der Waals surface area contributed by atoms with Crippen molar-refractivity contribution in [3.8, 4) is 0 Å². The van der Waals surface area contributed by atoms with E-state index in [4.69, 9.17) is 0 Å². The minimum atomic E-state index is -3.67. The molecule has 1 saturated heterocycles. The van der Waals surface area contributed by atoms with Crippen LogP contribution in [0.4, 0.5) is 5.13 Å². The summed E-state index contributed by atoms with van der Waals surface area (Å²) in [6.07, 6.45) is 2.10. The Morgan fingerprint density at radius 1 is 1.25 bits per heavy atom. The Morgan fingerprint density at radius 2 is 2.07 bits per heavy atom. The van der Waals surface area contributed by atoms with Crippen molar-refractivity contribution in [3.05, 3.63) is 40.8 Å². The van der Waals surface area contributed by atoms with E-state index in [1.807, 2.05) is 26.0 Å². The third-order valence-electron chi connectivity index (χ3n) is 5.13. The van der Waals surface area contributed by atoms with Crippen molar-refractivity contribution in [2.75, 3.05) is 11.9 Å². The topological polar surface area (TPSA) is 79.4 Å². The average molecular weight is 436 g/mol. The smallest absolute Gasteiger partial charge is 0.253 e. The highest BCUT2D eigenvalue weighted by atomic mass is 32.2. The number of thiazole rings is 1. The van der Waals surface area contributed by atoms with Crippen LogP contribution >= 0.6 is 22.7 Å². The predicted molar refractivity (Wildman–Crippen MR) is 114 cm³/mol. The number of hydrogen-bond acceptors (Lipinski definition) is 6. The van der Waals surface area contributed by atoms with Crippen molar-refractivity contribution in [3.63, 3.8) is 0 Å². The number of amides is 1. The van der Waals surface area contributed by atoms with Crippen LogP contribution in [0.2, 0.25) is 0 Å². The van der Waals surface area contributed by atoms with E-state index in [0.29, 0.717) is 18.1 Å². The molecule has 0 saturated carbocycles. The highest BCUT2D eigenvalue weighted by Crippen LogP contribution is 2.32. The van der Waals surface area contributed by atoms with Gasteiger partial charge in [0.05, 0.1) is 10.2 Å². The summed E-state index contributed by atoms with van der Waals surface area (Å²) in [6.45, 7) is 4.40. The summed E-state index contributed by atoms with van der Waals surface area (Å²) in [5, 5.41) is 5.10. The number of fused-ring (bicyclic) bond motifs is 1. The third kappa shape index (κ3) is 3.47. The second-order valence-corrected chi connectivity index (χ2v) is 11.0. The fourth-order valence-electron chi connectivity index (χ4n) is 3.45. The van der Waals surface area contributed by atoms with Gasteiger partial charge in [0, 0.05) is 6.54 Å². The number of anilines is 1. The molecular formula is C19H21N3O3S3. The van der Waals surface area contributed by atoms with Crippen LogP contribution in [0, 0.1) is 13.8 Å². The van der Waals surface area contributed by atoms with Gasteiger partial charge >= 0.3 is 0 Å². The Kier molecular flexibility index (Phi) is 5.26. The maximum atomic E-state index is 13.0. The normalized spacial score (nSPS) is 18.4. The van der Waals surface area contributed by atoms with Gasteiger partial charge < -0.3 is 5.32 Å². The summed E-state index contributed by atoms with van der Waals surface area (Å²) in [5.41, 5.74) is 3.12. The number of benzene rings is 1. The van der Waals surface area contributed by atoms with Crippen LogP contribution in [-0.4, -0.2) is 36.2 Å². The van der Waals surface area contributed by atoms with Gasteiger partial charge in [0.25, 0.3) is 10.0 Å². The van der Waals surface area contributed by atoms with Crippen LogP contribution in [-0.2, 0) is 14.8 Å². The molecule has 0 radical (unpaired) electrons. The molecule has 9 heteroatoms.